The van der Waals surface area contributed by atoms with Crippen molar-refractivity contribution in [3.8, 4) is 5.75 Å². The summed E-state index contributed by atoms with van der Waals surface area (Å²) in [5.74, 6) is 0.958. The van der Waals surface area contributed by atoms with Crippen LogP contribution in [0.1, 0.15) is 63.1 Å². The Labute approximate surface area is 178 Å². The first-order valence-corrected chi connectivity index (χ1v) is 10.9. The van der Waals surface area contributed by atoms with Crippen LogP contribution in [-0.4, -0.2) is 20.2 Å². The number of nitrogens with two attached hydrogens (primary N) is 1. The predicted molar refractivity (Wildman–Crippen MR) is 126 cm³/mol. The van der Waals surface area contributed by atoms with E-state index in [1.807, 2.05) is 19.1 Å². The number of rotatable bonds is 15. The molecule has 0 heterocycles. The van der Waals surface area contributed by atoms with Crippen molar-refractivity contribution in [3.05, 3.63) is 64.9 Å². The molecule has 0 aliphatic heterocycles. The summed E-state index contributed by atoms with van der Waals surface area (Å²) in [7, 11) is 2.30. The Bertz CT molecular complexity index is 707. The summed E-state index contributed by atoms with van der Waals surface area (Å²) in [6.07, 6.45) is 14.3. The molecule has 0 spiro atoms. The monoisotopic (exact) mass is 394 g/mol. The molecule has 1 aromatic carbocycles. The number of hydrogen-bond donors (Lipinski definition) is 1. The second-order valence-electron chi connectivity index (χ2n) is 7.28. The first-order chi connectivity index (χ1) is 14.1. The predicted octanol–water partition coefficient (Wildman–Crippen LogP) is 5.55. The maximum Gasteiger partial charge on any atom is 0.122 e. The Morgan fingerprint density at radius 2 is 2.00 bits per heavy atom. The van der Waals surface area contributed by atoms with Gasteiger partial charge in [0.15, 0.2) is 0 Å². The third kappa shape index (κ3) is 9.21. The van der Waals surface area contributed by atoms with E-state index in [9.17, 15) is 4.79 Å². The van der Waals surface area contributed by atoms with Crippen LogP contribution in [0.3, 0.4) is 0 Å². The number of benzene rings is 1. The second kappa shape index (κ2) is 14.7. The van der Waals surface area contributed by atoms with E-state index in [4.69, 9.17) is 10.5 Å². The number of hydrogen-bond acceptors (Lipinski definition) is 3. The Kier molecular flexibility index (Phi) is 12.6. The standard InChI is InChI=1S/C25H37BNO2/c1-5-12-22-17-25(29-19-20(6-2)15-24(27)8-4)23(16-21(22)7-3)18-26-13-10-9-11-14-28/h6,8,14-17H,4-5,7,9-13,18-19,27H2,1-3H3/b20-6+,24-15+. The molecule has 0 saturated carbocycles. The van der Waals surface area contributed by atoms with Crippen LogP contribution in [0.2, 0.25) is 6.32 Å². The molecule has 0 amide bonds. The number of ether oxygens (including phenoxy) is 1. The molecule has 1 rings (SSSR count). The van der Waals surface area contributed by atoms with Crippen LogP contribution < -0.4 is 10.5 Å². The van der Waals surface area contributed by atoms with Crippen molar-refractivity contribution in [2.45, 2.75) is 71.9 Å². The van der Waals surface area contributed by atoms with E-state index < -0.39 is 0 Å². The van der Waals surface area contributed by atoms with Crippen LogP contribution in [0.4, 0.5) is 0 Å². The molecule has 157 valence electrons. The average molecular weight is 394 g/mol. The summed E-state index contributed by atoms with van der Waals surface area (Å²) in [5, 5.41) is 0. The first kappa shape index (κ1) is 24.8. The van der Waals surface area contributed by atoms with Gasteiger partial charge in [-0.05, 0) is 66.7 Å². The van der Waals surface area contributed by atoms with E-state index >= 15 is 0 Å². The highest BCUT2D eigenvalue weighted by Crippen LogP contribution is 2.27. The van der Waals surface area contributed by atoms with Gasteiger partial charge in [0, 0.05) is 12.1 Å². The zero-order valence-corrected chi connectivity index (χ0v) is 18.5. The summed E-state index contributed by atoms with van der Waals surface area (Å²) < 4.78 is 6.25. The molecule has 1 aromatic rings. The van der Waals surface area contributed by atoms with Crippen molar-refractivity contribution in [2.24, 2.45) is 5.73 Å². The molecule has 4 heteroatoms. The summed E-state index contributed by atoms with van der Waals surface area (Å²) in [6, 6.07) is 4.54. The zero-order valence-electron chi connectivity index (χ0n) is 18.5. The minimum Gasteiger partial charge on any atom is -0.489 e. The minimum absolute atomic E-state index is 0.481. The lowest BCUT2D eigenvalue weighted by Crippen LogP contribution is -2.08. The Balaban J connectivity index is 2.96. The van der Waals surface area contributed by atoms with E-state index in [2.05, 4.69) is 39.8 Å². The van der Waals surface area contributed by atoms with Gasteiger partial charge in [0.2, 0.25) is 0 Å². The maximum absolute atomic E-state index is 10.4. The normalized spacial score (nSPS) is 12.0. The highest BCUT2D eigenvalue weighted by atomic mass is 16.5. The van der Waals surface area contributed by atoms with Gasteiger partial charge in [-0.2, -0.15) is 0 Å². The Hall–Kier alpha value is -2.23. The molecule has 3 nitrogen and oxygen atoms in total. The number of aryl methyl sites for hydroxylation is 2. The molecule has 0 unspecified atom stereocenters. The van der Waals surface area contributed by atoms with Crippen molar-refractivity contribution >= 4 is 13.6 Å². The van der Waals surface area contributed by atoms with Crippen molar-refractivity contribution in [1.29, 1.82) is 0 Å². The molecule has 0 aliphatic rings. The van der Waals surface area contributed by atoms with Gasteiger partial charge in [-0.15, -0.1) is 0 Å². The van der Waals surface area contributed by atoms with Gasteiger partial charge in [-0.1, -0.05) is 58.1 Å². The number of carbonyl (C=O) groups is 1. The fourth-order valence-electron chi connectivity index (χ4n) is 3.26. The fraction of sp³-hybridized carbons (Fsp3) is 0.480. The lowest BCUT2D eigenvalue weighted by Gasteiger charge is -2.17. The van der Waals surface area contributed by atoms with Gasteiger partial charge in [0.05, 0.1) is 0 Å². The van der Waals surface area contributed by atoms with E-state index in [0.29, 0.717) is 18.7 Å². The third-order valence-electron chi connectivity index (χ3n) is 4.98. The quantitative estimate of drug-likeness (QED) is 0.184. The zero-order chi connectivity index (χ0) is 21.5. The van der Waals surface area contributed by atoms with Crippen LogP contribution in [0.5, 0.6) is 5.75 Å². The number of unbranched alkanes of at least 4 members (excludes halogenated alkanes) is 2. The highest BCUT2D eigenvalue weighted by molar-refractivity contribution is 6.35. The van der Waals surface area contributed by atoms with E-state index in [1.165, 1.54) is 16.7 Å². The Morgan fingerprint density at radius 1 is 1.21 bits per heavy atom. The van der Waals surface area contributed by atoms with Crippen LogP contribution in [0, 0.1) is 0 Å². The third-order valence-corrected chi connectivity index (χ3v) is 4.98. The van der Waals surface area contributed by atoms with Gasteiger partial charge < -0.3 is 15.3 Å². The van der Waals surface area contributed by atoms with Gasteiger partial charge in [0.1, 0.15) is 25.9 Å². The van der Waals surface area contributed by atoms with Gasteiger partial charge in [0.25, 0.3) is 0 Å². The summed E-state index contributed by atoms with van der Waals surface area (Å²) in [6.45, 7) is 10.6. The lowest BCUT2D eigenvalue weighted by molar-refractivity contribution is -0.107. The van der Waals surface area contributed by atoms with Crippen LogP contribution in [0.25, 0.3) is 0 Å². The van der Waals surface area contributed by atoms with Crippen molar-refractivity contribution in [2.75, 3.05) is 6.61 Å². The molecule has 0 fully saturated rings. The van der Waals surface area contributed by atoms with Crippen molar-refractivity contribution in [1.82, 2.24) is 0 Å². The summed E-state index contributed by atoms with van der Waals surface area (Å²) in [5.41, 5.74) is 11.6. The van der Waals surface area contributed by atoms with Gasteiger partial charge in [-0.3, -0.25) is 0 Å². The van der Waals surface area contributed by atoms with E-state index in [1.54, 1.807) is 6.08 Å². The number of allylic oxidation sites excluding steroid dienone is 2. The number of carbonyl (C=O) groups excluding carboxylic acids is 1. The molecule has 0 bridgehead atoms. The number of aldehydes is 1. The highest BCUT2D eigenvalue weighted by Gasteiger charge is 2.11. The van der Waals surface area contributed by atoms with Crippen molar-refractivity contribution < 1.29 is 9.53 Å². The molecular weight excluding hydrogens is 357 g/mol. The topological polar surface area (TPSA) is 52.3 Å². The largest absolute Gasteiger partial charge is 0.489 e. The molecule has 0 saturated heterocycles. The minimum atomic E-state index is 0.481. The average Bonchev–Trinajstić information content (AvgIpc) is 2.74. The second-order valence-corrected chi connectivity index (χ2v) is 7.28. The molecule has 29 heavy (non-hydrogen) atoms. The molecule has 1 radical (unpaired) electrons. The molecule has 2 N–H and O–H groups in total. The summed E-state index contributed by atoms with van der Waals surface area (Å²) in [4.78, 5) is 10.4. The van der Waals surface area contributed by atoms with Crippen LogP contribution >= 0.6 is 0 Å². The maximum atomic E-state index is 10.4. The van der Waals surface area contributed by atoms with Crippen LogP contribution in [-0.2, 0) is 24.0 Å². The summed E-state index contributed by atoms with van der Waals surface area (Å²) >= 11 is 0. The molecule has 0 atom stereocenters. The smallest absolute Gasteiger partial charge is 0.122 e. The van der Waals surface area contributed by atoms with E-state index in [0.717, 1.165) is 62.4 Å². The first-order valence-electron chi connectivity index (χ1n) is 10.9. The van der Waals surface area contributed by atoms with Gasteiger partial charge in [-0.25, -0.2) is 0 Å². The van der Waals surface area contributed by atoms with E-state index in [-0.39, 0.29) is 0 Å². The van der Waals surface area contributed by atoms with Gasteiger partial charge >= 0.3 is 0 Å². The molecule has 0 aliphatic carbocycles. The van der Waals surface area contributed by atoms with Crippen LogP contribution in [0.15, 0.2) is 48.2 Å². The molecule has 0 aromatic heterocycles. The SMILES string of the molecule is C=C/C(N)=C\C(=C/C)COc1cc(CCC)c(CC)cc1C[B]CCCCC=O. The molecular formula is C25H37BNO2. The van der Waals surface area contributed by atoms with Crippen molar-refractivity contribution in [3.63, 3.8) is 0 Å². The lowest BCUT2D eigenvalue weighted by atomic mass is 9.67. The Morgan fingerprint density at radius 3 is 2.62 bits per heavy atom. The fourth-order valence-corrected chi connectivity index (χ4v) is 3.26.